The number of nitrogens with zero attached hydrogens (tertiary/aromatic N) is 1. The van der Waals surface area contributed by atoms with Crippen molar-refractivity contribution in [2.24, 2.45) is 0 Å². The summed E-state index contributed by atoms with van der Waals surface area (Å²) < 4.78 is 0. The van der Waals surface area contributed by atoms with Crippen molar-refractivity contribution in [3.63, 3.8) is 0 Å². The average Bonchev–Trinajstić information content (AvgIpc) is 3.21. The quantitative estimate of drug-likeness (QED) is 0.199. The van der Waals surface area contributed by atoms with Crippen molar-refractivity contribution in [2.75, 3.05) is 0 Å². The zero-order valence-electron chi connectivity index (χ0n) is 28.0. The summed E-state index contributed by atoms with van der Waals surface area (Å²) in [5, 5.41) is 6.97. The number of rotatable bonds is 4. The van der Waals surface area contributed by atoms with Crippen LogP contribution in [0.2, 0.25) is 0 Å². The number of hydrogen-bond donors (Lipinski definition) is 2. The third kappa shape index (κ3) is 3.59. The Morgan fingerprint density at radius 1 is 0.365 bits per heavy atom. The van der Waals surface area contributed by atoms with Crippen LogP contribution in [0.3, 0.4) is 0 Å². The molecule has 0 unspecified atom stereocenters. The number of benzene rings is 6. The summed E-state index contributed by atoms with van der Waals surface area (Å²) >= 11 is 0. The van der Waals surface area contributed by atoms with Crippen LogP contribution in [-0.4, -0.2) is 16.8 Å². The Morgan fingerprint density at radius 3 is 0.885 bits per heavy atom. The molecule has 1 aromatic heterocycles. The molecule has 1 heterocycles. The molecule has 0 radical (unpaired) electrons. The first kappa shape index (κ1) is 29.2. The van der Waals surface area contributed by atoms with E-state index in [1.165, 1.54) is 33.4 Å². The van der Waals surface area contributed by atoms with Gasteiger partial charge in [0.15, 0.2) is 0 Å². The van der Waals surface area contributed by atoms with E-state index in [0.717, 1.165) is 33.4 Å². The van der Waals surface area contributed by atoms with E-state index in [1.54, 1.807) is 18.2 Å². The molecule has 0 spiro atoms. The van der Waals surface area contributed by atoms with Crippen LogP contribution in [0.15, 0.2) is 164 Å². The van der Waals surface area contributed by atoms with Crippen LogP contribution in [0.1, 0.15) is 99.6 Å². The number of pyridine rings is 1. The largest absolute Gasteiger partial charge is 0.333 e. The molecule has 0 aliphatic heterocycles. The monoisotopic (exact) mass is 669 g/mol. The van der Waals surface area contributed by atoms with Gasteiger partial charge in [0.2, 0.25) is 0 Å². The summed E-state index contributed by atoms with van der Waals surface area (Å²) in [6.07, 6.45) is 0. The van der Waals surface area contributed by atoms with Gasteiger partial charge >= 0.3 is 0 Å². The van der Waals surface area contributed by atoms with E-state index in [9.17, 15) is 9.59 Å². The molecule has 0 atom stereocenters. The molecule has 0 saturated carbocycles. The molecule has 5 heteroatoms. The first-order chi connectivity index (χ1) is 25.6. The van der Waals surface area contributed by atoms with Crippen LogP contribution in [0, 0.1) is 0 Å². The van der Waals surface area contributed by atoms with Crippen LogP contribution in [0.5, 0.6) is 0 Å². The van der Waals surface area contributed by atoms with Gasteiger partial charge in [0.1, 0.15) is 22.5 Å². The van der Waals surface area contributed by atoms with Gasteiger partial charge in [0.05, 0.1) is 0 Å². The fraction of sp³-hybridized carbons (Fsp3) is 0.0851. The Bertz CT molecular complexity index is 2270. The summed E-state index contributed by atoms with van der Waals surface area (Å²) in [5.74, 6) is -0.539. The fourth-order valence-corrected chi connectivity index (χ4v) is 9.98. The lowest BCUT2D eigenvalue weighted by Gasteiger charge is -2.50. The highest BCUT2D eigenvalue weighted by Gasteiger charge is 2.54. The average molecular weight is 670 g/mol. The molecular weight excluding hydrogens is 639 g/mol. The lowest BCUT2D eigenvalue weighted by atomic mass is 9.57. The van der Waals surface area contributed by atoms with Crippen molar-refractivity contribution in [2.45, 2.75) is 22.9 Å². The SMILES string of the molecule is O=C(NC12c3ccccc3C(c3ccccc31)c1ccccc12)c1cccc(C(=O)NC23c4ccccc4C(c4ccccc42)c2ccccc23)n1. The van der Waals surface area contributed by atoms with Gasteiger partial charge in [-0.15, -0.1) is 0 Å². The van der Waals surface area contributed by atoms with Crippen LogP contribution < -0.4 is 10.6 Å². The predicted molar refractivity (Wildman–Crippen MR) is 199 cm³/mol. The molecule has 0 fully saturated rings. The van der Waals surface area contributed by atoms with E-state index in [4.69, 9.17) is 4.98 Å². The van der Waals surface area contributed by atoms with Gasteiger partial charge in [-0.25, -0.2) is 4.98 Å². The van der Waals surface area contributed by atoms with Crippen molar-refractivity contribution in [1.82, 2.24) is 15.6 Å². The lowest BCUT2D eigenvalue weighted by Crippen LogP contribution is -2.54. The molecule has 6 aliphatic carbocycles. The maximum Gasteiger partial charge on any atom is 0.271 e. The fourth-order valence-electron chi connectivity index (χ4n) is 9.98. The molecule has 2 N–H and O–H groups in total. The van der Waals surface area contributed by atoms with E-state index >= 15 is 0 Å². The second-order valence-electron chi connectivity index (χ2n) is 14.2. The van der Waals surface area contributed by atoms with Crippen molar-refractivity contribution in [3.8, 4) is 0 Å². The highest BCUT2D eigenvalue weighted by Crippen LogP contribution is 2.59. The minimum absolute atomic E-state index is 0.0853. The van der Waals surface area contributed by atoms with Crippen molar-refractivity contribution in [3.05, 3.63) is 242 Å². The van der Waals surface area contributed by atoms with Gasteiger partial charge < -0.3 is 10.6 Å². The van der Waals surface area contributed by atoms with Crippen LogP contribution in [-0.2, 0) is 11.1 Å². The van der Waals surface area contributed by atoms with Crippen LogP contribution >= 0.6 is 0 Å². The molecule has 4 bridgehead atoms. The summed E-state index contributed by atoms with van der Waals surface area (Å²) in [6.45, 7) is 0. The smallest absolute Gasteiger partial charge is 0.271 e. The molecule has 6 aromatic carbocycles. The highest BCUT2D eigenvalue weighted by molar-refractivity contribution is 5.98. The minimum Gasteiger partial charge on any atom is -0.333 e. The molecule has 0 saturated heterocycles. The third-order valence-electron chi connectivity index (χ3n) is 11.9. The molecule has 13 rings (SSSR count). The number of carbonyl (C=O) groups excluding carboxylic acids is 2. The van der Waals surface area contributed by atoms with E-state index in [1.807, 2.05) is 36.4 Å². The van der Waals surface area contributed by atoms with E-state index in [2.05, 4.69) is 120 Å². The van der Waals surface area contributed by atoms with Gasteiger partial charge in [-0.3, -0.25) is 9.59 Å². The third-order valence-corrected chi connectivity index (χ3v) is 11.9. The number of amides is 2. The Morgan fingerprint density at radius 2 is 0.615 bits per heavy atom. The second-order valence-corrected chi connectivity index (χ2v) is 14.2. The number of nitrogens with one attached hydrogen (secondary N) is 2. The molecule has 246 valence electrons. The van der Waals surface area contributed by atoms with Crippen LogP contribution in [0.4, 0.5) is 0 Å². The van der Waals surface area contributed by atoms with Gasteiger partial charge in [-0.05, 0) is 78.9 Å². The Hall–Kier alpha value is -6.59. The molecule has 7 aromatic rings. The van der Waals surface area contributed by atoms with Gasteiger partial charge in [-0.2, -0.15) is 0 Å². The Balaban J connectivity index is 1.01. The highest BCUT2D eigenvalue weighted by atomic mass is 16.2. The number of aromatic nitrogens is 1. The summed E-state index contributed by atoms with van der Waals surface area (Å²) in [7, 11) is 0. The molecule has 6 aliphatic rings. The molecule has 2 amide bonds. The Kier molecular flexibility index (Phi) is 5.87. The van der Waals surface area contributed by atoms with Gasteiger partial charge in [-0.1, -0.05) is 152 Å². The first-order valence-electron chi connectivity index (χ1n) is 17.8. The zero-order valence-corrected chi connectivity index (χ0v) is 28.0. The summed E-state index contributed by atoms with van der Waals surface area (Å²) in [5.41, 5.74) is 12.0. The number of hydrogen-bond acceptors (Lipinski definition) is 3. The topological polar surface area (TPSA) is 71.1 Å². The summed E-state index contributed by atoms with van der Waals surface area (Å²) in [4.78, 5) is 34.0. The second kappa shape index (κ2) is 10.5. The van der Waals surface area contributed by atoms with Crippen molar-refractivity contribution in [1.29, 1.82) is 0 Å². The summed E-state index contributed by atoms with van der Waals surface area (Å²) in [6, 6.07) is 55.5. The normalized spacial score (nSPS) is 21.8. The maximum absolute atomic E-state index is 14.6. The minimum atomic E-state index is -0.924. The van der Waals surface area contributed by atoms with Gasteiger partial charge in [0.25, 0.3) is 11.8 Å². The molecule has 52 heavy (non-hydrogen) atoms. The molecular formula is C47H31N3O2. The molecule has 5 nitrogen and oxygen atoms in total. The van der Waals surface area contributed by atoms with Crippen molar-refractivity contribution >= 4 is 11.8 Å². The van der Waals surface area contributed by atoms with E-state index in [0.29, 0.717) is 0 Å². The first-order valence-corrected chi connectivity index (χ1v) is 17.8. The number of carbonyl (C=O) groups is 2. The standard InChI is InChI=1S/C47H31N3O2/c51-44(49-46-34-20-7-1-14-28(34)42(29-15-2-8-21-35(29)46)30-16-3-9-22-36(30)46)40-26-13-27-41(48-40)45(52)50-47-37-23-10-4-17-31(37)43(32-18-5-11-24-38(32)47)33-19-6-12-25-39(33)47/h1-27,42-43H,(H,49,51)(H,50,52). The predicted octanol–water partition coefficient (Wildman–Crippen LogP) is 8.14. The van der Waals surface area contributed by atoms with E-state index in [-0.39, 0.29) is 35.0 Å². The lowest BCUT2D eigenvalue weighted by molar-refractivity contribution is 0.0912. The van der Waals surface area contributed by atoms with Crippen molar-refractivity contribution < 1.29 is 9.59 Å². The van der Waals surface area contributed by atoms with E-state index < -0.39 is 11.1 Å². The maximum atomic E-state index is 14.6. The van der Waals surface area contributed by atoms with Crippen LogP contribution in [0.25, 0.3) is 0 Å². The Labute approximate surface area is 301 Å². The van der Waals surface area contributed by atoms with Gasteiger partial charge in [0, 0.05) is 11.8 Å². The zero-order chi connectivity index (χ0) is 34.6.